The number of aromatic amines is 1. The molecule has 1 aliphatic carbocycles. The van der Waals surface area contributed by atoms with Crippen molar-refractivity contribution in [3.63, 3.8) is 0 Å². The Labute approximate surface area is 310 Å². The Morgan fingerprint density at radius 1 is 0.944 bits per heavy atom. The van der Waals surface area contributed by atoms with Crippen molar-refractivity contribution in [2.75, 3.05) is 36.4 Å². The number of carbonyl (C=O) groups excluding carboxylic acids is 6. The van der Waals surface area contributed by atoms with Gasteiger partial charge in [0.25, 0.3) is 11.8 Å². The fourth-order valence-electron chi connectivity index (χ4n) is 7.62. The lowest BCUT2D eigenvalue weighted by Gasteiger charge is -2.36. The van der Waals surface area contributed by atoms with Gasteiger partial charge in [-0.3, -0.25) is 44.2 Å². The summed E-state index contributed by atoms with van der Waals surface area (Å²) in [4.78, 5) is 79.9. The van der Waals surface area contributed by atoms with Gasteiger partial charge in [0.05, 0.1) is 23.2 Å². The number of nitrogens with one attached hydrogen (secondary N) is 4. The van der Waals surface area contributed by atoms with Crippen molar-refractivity contribution >= 4 is 47.1 Å². The minimum absolute atomic E-state index is 0.00510. The average molecular weight is 743 g/mol. The van der Waals surface area contributed by atoms with Crippen LogP contribution in [0.25, 0.3) is 0 Å². The average Bonchev–Trinajstić information content (AvgIpc) is 3.84. The van der Waals surface area contributed by atoms with Crippen LogP contribution in [0.3, 0.4) is 0 Å². The molecule has 1 unspecified atom stereocenters. The van der Waals surface area contributed by atoms with Gasteiger partial charge >= 0.3 is 6.09 Å². The standard InChI is InChI=1S/C38H43FN8O7/c1-21(2)40-38(53)54-25-8-7-24(16-25)29-19-32(44-43-29)41-34(49)15-22-3-5-23(6-4-22)20-45-11-13-46(14-12-45)31-18-27-26(17-28(31)39)36(51)47(37(27)52)30-9-10-33(48)42-35(30)50/h3-6,17-19,21,24-25,30H,7-16,20H2,1-2H3,(H,40,53)(H,42,48,50)(H2,41,43,44,49)/t24-,25+,30?/m1/s1. The minimum Gasteiger partial charge on any atom is -0.446 e. The maximum absolute atomic E-state index is 15.4. The predicted molar refractivity (Wildman–Crippen MR) is 193 cm³/mol. The van der Waals surface area contributed by atoms with E-state index in [9.17, 15) is 28.8 Å². The molecule has 3 aliphatic heterocycles. The molecule has 2 aromatic carbocycles. The first-order chi connectivity index (χ1) is 25.9. The number of nitrogens with zero attached hydrogens (tertiary/aromatic N) is 4. The number of H-pyrrole nitrogens is 1. The molecule has 6 amide bonds. The van der Waals surface area contributed by atoms with Crippen molar-refractivity contribution in [1.29, 1.82) is 0 Å². The molecular formula is C38H43FN8O7. The normalized spacial score (nSPS) is 21.7. The Kier molecular flexibility index (Phi) is 10.5. The maximum atomic E-state index is 15.4. The largest absolute Gasteiger partial charge is 0.446 e. The molecule has 2 saturated heterocycles. The molecule has 16 heteroatoms. The van der Waals surface area contributed by atoms with E-state index < -0.39 is 41.6 Å². The lowest BCUT2D eigenvalue weighted by Crippen LogP contribution is -2.54. The van der Waals surface area contributed by atoms with Gasteiger partial charge in [0.1, 0.15) is 18.0 Å². The van der Waals surface area contributed by atoms with E-state index in [1.165, 1.54) is 6.07 Å². The van der Waals surface area contributed by atoms with E-state index in [0.29, 0.717) is 45.0 Å². The van der Waals surface area contributed by atoms with Crippen molar-refractivity contribution in [1.82, 2.24) is 30.6 Å². The van der Waals surface area contributed by atoms with E-state index in [1.54, 1.807) is 0 Å². The highest BCUT2D eigenvalue weighted by molar-refractivity contribution is 6.23. The zero-order valence-corrected chi connectivity index (χ0v) is 30.2. The summed E-state index contributed by atoms with van der Waals surface area (Å²) in [6.07, 6.45) is 1.95. The number of fused-ring (bicyclic) bond motifs is 1. The number of halogens is 1. The molecule has 4 N–H and O–H groups in total. The quantitative estimate of drug-likeness (QED) is 0.225. The van der Waals surface area contributed by atoms with E-state index in [0.717, 1.165) is 40.6 Å². The van der Waals surface area contributed by atoms with E-state index in [1.807, 2.05) is 49.1 Å². The fourth-order valence-corrected chi connectivity index (χ4v) is 7.62. The number of anilines is 2. The van der Waals surface area contributed by atoms with Crippen LogP contribution in [0.4, 0.5) is 20.7 Å². The summed E-state index contributed by atoms with van der Waals surface area (Å²) in [5.74, 6) is -2.80. The van der Waals surface area contributed by atoms with Gasteiger partial charge in [-0.05, 0) is 62.8 Å². The number of benzene rings is 2. The number of rotatable bonds is 10. The molecule has 284 valence electrons. The number of ether oxygens (including phenoxy) is 1. The second-order valence-corrected chi connectivity index (χ2v) is 14.6. The molecule has 0 bridgehead atoms. The second kappa shape index (κ2) is 15.4. The van der Waals surface area contributed by atoms with E-state index in [-0.39, 0.29) is 60.0 Å². The van der Waals surface area contributed by atoms with Crippen LogP contribution in [-0.2, 0) is 32.1 Å². The highest BCUT2D eigenvalue weighted by Crippen LogP contribution is 2.36. The number of hydrogen-bond acceptors (Lipinski definition) is 10. The van der Waals surface area contributed by atoms with Gasteiger partial charge in [-0.2, -0.15) is 5.10 Å². The molecule has 1 saturated carbocycles. The van der Waals surface area contributed by atoms with Gasteiger partial charge in [0.15, 0.2) is 5.82 Å². The molecule has 7 rings (SSSR count). The summed E-state index contributed by atoms with van der Waals surface area (Å²) in [6.45, 7) is 6.66. The number of amides is 6. The lowest BCUT2D eigenvalue weighted by atomic mass is 10.0. The molecule has 54 heavy (non-hydrogen) atoms. The Bertz CT molecular complexity index is 1970. The number of alkyl carbamates (subject to hydrolysis) is 1. The van der Waals surface area contributed by atoms with E-state index in [4.69, 9.17) is 4.74 Å². The molecule has 0 radical (unpaired) electrons. The summed E-state index contributed by atoms with van der Waals surface area (Å²) in [5.41, 5.74) is 2.99. The Morgan fingerprint density at radius 2 is 1.65 bits per heavy atom. The van der Waals surface area contributed by atoms with Crippen molar-refractivity contribution in [3.8, 4) is 0 Å². The van der Waals surface area contributed by atoms with Crippen LogP contribution in [0.2, 0.25) is 0 Å². The summed E-state index contributed by atoms with van der Waals surface area (Å²) in [6, 6.07) is 11.0. The lowest BCUT2D eigenvalue weighted by molar-refractivity contribution is -0.136. The molecule has 0 spiro atoms. The fraction of sp³-hybridized carbons (Fsp3) is 0.447. The van der Waals surface area contributed by atoms with Gasteiger partial charge in [-0.25, -0.2) is 9.18 Å². The monoisotopic (exact) mass is 742 g/mol. The first kappa shape index (κ1) is 36.7. The van der Waals surface area contributed by atoms with Crippen LogP contribution in [-0.4, -0.2) is 100.0 Å². The molecule has 3 atom stereocenters. The third-order valence-corrected chi connectivity index (χ3v) is 10.4. The zero-order chi connectivity index (χ0) is 38.1. The van der Waals surface area contributed by atoms with Crippen molar-refractivity contribution < 1.29 is 37.9 Å². The molecular weight excluding hydrogens is 699 g/mol. The molecule has 4 aliphatic rings. The maximum Gasteiger partial charge on any atom is 0.407 e. The summed E-state index contributed by atoms with van der Waals surface area (Å²) in [7, 11) is 0. The van der Waals surface area contributed by atoms with Gasteiger partial charge in [0, 0.05) is 62.9 Å². The summed E-state index contributed by atoms with van der Waals surface area (Å²) in [5, 5.41) is 15.0. The first-order valence-electron chi connectivity index (χ1n) is 18.3. The van der Waals surface area contributed by atoms with Crippen LogP contribution in [0.15, 0.2) is 42.5 Å². The third-order valence-electron chi connectivity index (χ3n) is 10.4. The third kappa shape index (κ3) is 7.98. The van der Waals surface area contributed by atoms with Crippen LogP contribution in [0.5, 0.6) is 0 Å². The summed E-state index contributed by atoms with van der Waals surface area (Å²) >= 11 is 0. The highest BCUT2D eigenvalue weighted by atomic mass is 19.1. The van der Waals surface area contributed by atoms with Gasteiger partial charge < -0.3 is 20.3 Å². The molecule has 15 nitrogen and oxygen atoms in total. The first-order valence-corrected chi connectivity index (χ1v) is 18.3. The summed E-state index contributed by atoms with van der Waals surface area (Å²) < 4.78 is 20.9. The molecule has 4 heterocycles. The van der Waals surface area contributed by atoms with E-state index in [2.05, 4.69) is 31.0 Å². The van der Waals surface area contributed by atoms with Crippen molar-refractivity contribution in [2.24, 2.45) is 0 Å². The smallest absolute Gasteiger partial charge is 0.407 e. The SMILES string of the molecule is CC(C)NC(=O)O[C@H]1CC[C@@H](c2cc(NC(=O)Cc3ccc(CN4CCN(c5cc6c(cc5F)C(=O)N(C5CCC(=O)NC5=O)C6=O)CC4)cc3)n[nH]2)C1. The topological polar surface area (TPSA) is 186 Å². The molecule has 1 aromatic heterocycles. The Balaban J connectivity index is 0.871. The van der Waals surface area contributed by atoms with Crippen molar-refractivity contribution in [2.45, 2.75) is 83.0 Å². The number of imide groups is 2. The van der Waals surface area contributed by atoms with Crippen LogP contribution in [0, 0.1) is 5.82 Å². The van der Waals surface area contributed by atoms with E-state index >= 15 is 4.39 Å². The Hall–Kier alpha value is -5.64. The number of piperazine rings is 1. The second-order valence-electron chi connectivity index (χ2n) is 14.6. The molecule has 3 aromatic rings. The van der Waals surface area contributed by atoms with Gasteiger partial charge in [-0.1, -0.05) is 24.3 Å². The molecule has 3 fully saturated rings. The Morgan fingerprint density at radius 3 is 2.35 bits per heavy atom. The van der Waals surface area contributed by atoms with Gasteiger partial charge in [0.2, 0.25) is 17.7 Å². The van der Waals surface area contributed by atoms with Crippen LogP contribution in [0.1, 0.15) is 89.4 Å². The predicted octanol–water partition coefficient (Wildman–Crippen LogP) is 3.22. The van der Waals surface area contributed by atoms with Crippen LogP contribution >= 0.6 is 0 Å². The number of piperidine rings is 1. The van der Waals surface area contributed by atoms with Gasteiger partial charge in [-0.15, -0.1) is 0 Å². The number of carbonyl (C=O) groups is 6. The van der Waals surface area contributed by atoms with Crippen molar-refractivity contribution in [3.05, 3.63) is 76.2 Å². The number of hydrogen-bond donors (Lipinski definition) is 4. The number of aromatic nitrogens is 2. The van der Waals surface area contributed by atoms with Crippen LogP contribution < -0.4 is 20.9 Å². The minimum atomic E-state index is -1.11. The highest BCUT2D eigenvalue weighted by Gasteiger charge is 2.45. The zero-order valence-electron chi connectivity index (χ0n) is 30.2.